The van der Waals surface area contributed by atoms with Crippen molar-refractivity contribution in [1.29, 1.82) is 0 Å². The van der Waals surface area contributed by atoms with E-state index in [1.54, 1.807) is 11.0 Å². The van der Waals surface area contributed by atoms with Crippen LogP contribution in [0.15, 0.2) is 47.1 Å². The highest BCUT2D eigenvalue weighted by Gasteiger charge is 2.36. The number of hydrogen-bond acceptors (Lipinski definition) is 3. The summed E-state index contributed by atoms with van der Waals surface area (Å²) in [7, 11) is 0. The van der Waals surface area contributed by atoms with Crippen LogP contribution in [-0.4, -0.2) is 47.8 Å². The molecule has 25 heavy (non-hydrogen) atoms. The number of rotatable bonds is 3. The molecule has 1 aromatic carbocycles. The van der Waals surface area contributed by atoms with Crippen LogP contribution in [0.3, 0.4) is 0 Å². The first-order valence-corrected chi connectivity index (χ1v) is 8.59. The van der Waals surface area contributed by atoms with E-state index in [1.807, 2.05) is 56.0 Å². The van der Waals surface area contributed by atoms with E-state index in [2.05, 4.69) is 0 Å². The van der Waals surface area contributed by atoms with Crippen LogP contribution in [0.5, 0.6) is 0 Å². The largest absolute Gasteiger partial charge is 0.459 e. The normalized spacial score (nSPS) is 15.3. The zero-order valence-electron chi connectivity index (χ0n) is 15.0. The smallest absolute Gasteiger partial charge is 0.289 e. The molecular formula is C20H24N2O3. The van der Waals surface area contributed by atoms with E-state index in [-0.39, 0.29) is 11.8 Å². The number of carbonyl (C=O) groups excluding carboxylic acids is 2. The Kier molecular flexibility index (Phi) is 4.66. The molecule has 2 amide bonds. The molecule has 0 spiro atoms. The summed E-state index contributed by atoms with van der Waals surface area (Å²) >= 11 is 0. The molecule has 0 bridgehead atoms. The van der Waals surface area contributed by atoms with Gasteiger partial charge in [-0.2, -0.15) is 0 Å². The van der Waals surface area contributed by atoms with Crippen LogP contribution in [0, 0.1) is 6.92 Å². The predicted octanol–water partition coefficient (Wildman–Crippen LogP) is 2.85. The fraction of sp³-hybridized carbons (Fsp3) is 0.400. The van der Waals surface area contributed by atoms with Crippen LogP contribution in [-0.2, 0) is 10.2 Å². The number of aryl methyl sites for hydroxylation is 1. The fourth-order valence-electron chi connectivity index (χ4n) is 3.22. The molecule has 0 unspecified atom stereocenters. The van der Waals surface area contributed by atoms with Gasteiger partial charge in [0.25, 0.3) is 5.91 Å². The lowest BCUT2D eigenvalue weighted by Gasteiger charge is -2.38. The molecule has 0 saturated carbocycles. The first kappa shape index (κ1) is 17.3. The summed E-state index contributed by atoms with van der Waals surface area (Å²) in [5, 5.41) is 0. The van der Waals surface area contributed by atoms with Crippen LogP contribution < -0.4 is 0 Å². The Hall–Kier alpha value is -2.56. The number of benzene rings is 1. The van der Waals surface area contributed by atoms with Crippen LogP contribution in [0.1, 0.15) is 35.5 Å². The number of piperazine rings is 1. The van der Waals surface area contributed by atoms with E-state index in [9.17, 15) is 9.59 Å². The molecule has 132 valence electrons. The Bertz CT molecular complexity index is 756. The molecule has 1 saturated heterocycles. The highest BCUT2D eigenvalue weighted by atomic mass is 16.3. The zero-order valence-corrected chi connectivity index (χ0v) is 15.0. The van der Waals surface area contributed by atoms with E-state index in [0.29, 0.717) is 31.9 Å². The monoisotopic (exact) mass is 340 g/mol. The summed E-state index contributed by atoms with van der Waals surface area (Å²) in [6.45, 7) is 7.90. The van der Waals surface area contributed by atoms with Crippen molar-refractivity contribution < 1.29 is 14.0 Å². The van der Waals surface area contributed by atoms with Gasteiger partial charge in [0.15, 0.2) is 5.76 Å². The van der Waals surface area contributed by atoms with Gasteiger partial charge in [-0.1, -0.05) is 30.3 Å². The molecular weight excluding hydrogens is 316 g/mol. The van der Waals surface area contributed by atoms with E-state index >= 15 is 0 Å². The van der Waals surface area contributed by atoms with Gasteiger partial charge in [0.1, 0.15) is 0 Å². The van der Waals surface area contributed by atoms with Crippen molar-refractivity contribution in [2.75, 3.05) is 26.2 Å². The van der Waals surface area contributed by atoms with E-state index in [0.717, 1.165) is 11.1 Å². The minimum absolute atomic E-state index is 0.0972. The summed E-state index contributed by atoms with van der Waals surface area (Å²) in [6.07, 6.45) is 1.53. The Morgan fingerprint density at radius 3 is 2.12 bits per heavy atom. The van der Waals surface area contributed by atoms with Crippen LogP contribution >= 0.6 is 0 Å². The second kappa shape index (κ2) is 6.75. The molecule has 0 radical (unpaired) electrons. The minimum Gasteiger partial charge on any atom is -0.459 e. The minimum atomic E-state index is -0.578. The molecule has 3 rings (SSSR count). The first-order valence-electron chi connectivity index (χ1n) is 8.59. The van der Waals surface area contributed by atoms with Gasteiger partial charge in [0, 0.05) is 31.7 Å². The van der Waals surface area contributed by atoms with Crippen LogP contribution in [0.2, 0.25) is 0 Å². The molecule has 0 atom stereocenters. The SMILES string of the molecule is Cc1ccoc1C(=O)N1CCN(C(=O)C(C)(C)c2ccccc2)CC1. The van der Waals surface area contributed by atoms with E-state index < -0.39 is 5.41 Å². The lowest BCUT2D eigenvalue weighted by molar-refractivity contribution is -0.137. The van der Waals surface area contributed by atoms with Gasteiger partial charge >= 0.3 is 0 Å². The number of carbonyl (C=O) groups is 2. The first-order chi connectivity index (χ1) is 11.9. The van der Waals surface area contributed by atoms with Gasteiger partial charge in [-0.15, -0.1) is 0 Å². The van der Waals surface area contributed by atoms with Crippen molar-refractivity contribution in [2.24, 2.45) is 0 Å². The van der Waals surface area contributed by atoms with Gasteiger partial charge in [-0.25, -0.2) is 0 Å². The summed E-state index contributed by atoms with van der Waals surface area (Å²) in [5.74, 6) is 0.390. The third-order valence-corrected chi connectivity index (χ3v) is 4.94. The molecule has 5 heteroatoms. The number of hydrogen-bond donors (Lipinski definition) is 0. The Balaban J connectivity index is 1.65. The molecule has 5 nitrogen and oxygen atoms in total. The maximum absolute atomic E-state index is 13.0. The topological polar surface area (TPSA) is 53.8 Å². The maximum Gasteiger partial charge on any atom is 0.289 e. The average molecular weight is 340 g/mol. The predicted molar refractivity (Wildman–Crippen MR) is 95.4 cm³/mol. The summed E-state index contributed by atoms with van der Waals surface area (Å²) < 4.78 is 5.29. The van der Waals surface area contributed by atoms with Gasteiger partial charge in [0.2, 0.25) is 5.91 Å². The third kappa shape index (κ3) is 3.31. The fourth-order valence-corrected chi connectivity index (χ4v) is 3.22. The van der Waals surface area contributed by atoms with Crippen LogP contribution in [0.4, 0.5) is 0 Å². The third-order valence-electron chi connectivity index (χ3n) is 4.94. The lowest BCUT2D eigenvalue weighted by Crippen LogP contribution is -2.54. The lowest BCUT2D eigenvalue weighted by atomic mass is 9.83. The quantitative estimate of drug-likeness (QED) is 0.863. The highest BCUT2D eigenvalue weighted by molar-refractivity contribution is 5.93. The number of nitrogens with zero attached hydrogens (tertiary/aromatic N) is 2. The van der Waals surface area contributed by atoms with Gasteiger partial charge in [-0.3, -0.25) is 9.59 Å². The van der Waals surface area contributed by atoms with Gasteiger partial charge in [0.05, 0.1) is 11.7 Å². The van der Waals surface area contributed by atoms with Crippen molar-refractivity contribution in [2.45, 2.75) is 26.2 Å². The second-order valence-electron chi connectivity index (χ2n) is 7.01. The van der Waals surface area contributed by atoms with Crippen molar-refractivity contribution in [3.8, 4) is 0 Å². The molecule has 1 aliphatic rings. The summed E-state index contributed by atoms with van der Waals surface area (Å²) in [6, 6.07) is 11.6. The Labute approximate surface area is 148 Å². The van der Waals surface area contributed by atoms with E-state index in [1.165, 1.54) is 6.26 Å². The molecule has 1 aromatic heterocycles. The van der Waals surface area contributed by atoms with Crippen molar-refractivity contribution >= 4 is 11.8 Å². The van der Waals surface area contributed by atoms with Crippen molar-refractivity contribution in [1.82, 2.24) is 9.80 Å². The van der Waals surface area contributed by atoms with Gasteiger partial charge < -0.3 is 14.2 Å². The Morgan fingerprint density at radius 2 is 1.56 bits per heavy atom. The molecule has 2 heterocycles. The zero-order chi connectivity index (χ0) is 18.0. The summed E-state index contributed by atoms with van der Waals surface area (Å²) in [4.78, 5) is 29.1. The maximum atomic E-state index is 13.0. The Morgan fingerprint density at radius 1 is 0.960 bits per heavy atom. The summed E-state index contributed by atoms with van der Waals surface area (Å²) in [5.41, 5.74) is 1.27. The number of furan rings is 1. The molecule has 2 aromatic rings. The molecule has 1 aliphatic heterocycles. The number of amides is 2. The molecule has 0 aliphatic carbocycles. The van der Waals surface area contributed by atoms with Crippen molar-refractivity contribution in [3.63, 3.8) is 0 Å². The van der Waals surface area contributed by atoms with Crippen LogP contribution in [0.25, 0.3) is 0 Å². The molecule has 0 N–H and O–H groups in total. The standard InChI is InChI=1S/C20H24N2O3/c1-15-9-14-25-17(15)18(23)21-10-12-22(13-11-21)19(24)20(2,3)16-7-5-4-6-8-16/h4-9,14H,10-13H2,1-3H3. The highest BCUT2D eigenvalue weighted by Crippen LogP contribution is 2.26. The average Bonchev–Trinajstić information content (AvgIpc) is 3.07. The van der Waals surface area contributed by atoms with E-state index in [4.69, 9.17) is 4.42 Å². The van der Waals surface area contributed by atoms with Gasteiger partial charge in [-0.05, 0) is 32.4 Å². The second-order valence-corrected chi connectivity index (χ2v) is 7.01. The van der Waals surface area contributed by atoms with Crippen molar-refractivity contribution in [3.05, 3.63) is 59.5 Å². The molecule has 1 fully saturated rings.